The van der Waals surface area contributed by atoms with Crippen LogP contribution in [0.2, 0.25) is 0 Å². The van der Waals surface area contributed by atoms with Gasteiger partial charge in [-0.3, -0.25) is 9.59 Å². The van der Waals surface area contributed by atoms with Gasteiger partial charge < -0.3 is 10.6 Å². The molecule has 0 radical (unpaired) electrons. The van der Waals surface area contributed by atoms with Crippen LogP contribution in [-0.4, -0.2) is 49.7 Å². The summed E-state index contributed by atoms with van der Waals surface area (Å²) < 4.78 is 41.4. The SMILES string of the molecule is Cc1cc(S(=O)(=O)N2CCCC[C@@H]2CCNC(=O)C(=O)NC2CCCCCC2)ccc1F. The zero-order valence-corrected chi connectivity index (χ0v) is 19.6. The molecular formula is C23H34FN3O4S. The molecule has 2 amide bonds. The van der Waals surface area contributed by atoms with Gasteiger partial charge in [-0.15, -0.1) is 0 Å². The Morgan fingerprint density at radius 2 is 1.72 bits per heavy atom. The third-order valence-corrected chi connectivity index (χ3v) is 8.42. The molecule has 0 spiro atoms. The van der Waals surface area contributed by atoms with E-state index in [1.807, 2.05) is 0 Å². The van der Waals surface area contributed by atoms with Crippen LogP contribution in [0.5, 0.6) is 0 Å². The second-order valence-electron chi connectivity index (χ2n) is 8.88. The number of aryl methyl sites for hydroxylation is 1. The molecule has 32 heavy (non-hydrogen) atoms. The lowest BCUT2D eigenvalue weighted by molar-refractivity contribution is -0.139. The molecule has 1 heterocycles. The molecule has 1 aromatic rings. The number of nitrogens with zero attached hydrogens (tertiary/aromatic N) is 1. The number of nitrogens with one attached hydrogen (secondary N) is 2. The summed E-state index contributed by atoms with van der Waals surface area (Å²) in [4.78, 5) is 24.5. The van der Waals surface area contributed by atoms with E-state index in [1.165, 1.54) is 29.4 Å². The molecular weight excluding hydrogens is 433 g/mol. The number of hydrogen-bond acceptors (Lipinski definition) is 4. The molecule has 1 aliphatic heterocycles. The molecule has 2 N–H and O–H groups in total. The molecule has 2 aliphatic rings. The number of amides is 2. The van der Waals surface area contributed by atoms with E-state index in [2.05, 4.69) is 10.6 Å². The molecule has 1 saturated heterocycles. The van der Waals surface area contributed by atoms with E-state index in [4.69, 9.17) is 0 Å². The van der Waals surface area contributed by atoms with Crippen molar-refractivity contribution in [3.63, 3.8) is 0 Å². The fourth-order valence-electron chi connectivity index (χ4n) is 4.60. The highest BCUT2D eigenvalue weighted by atomic mass is 32.2. The Bertz CT molecular complexity index is 914. The summed E-state index contributed by atoms with van der Waals surface area (Å²) in [6, 6.07) is 3.60. The fourth-order valence-corrected chi connectivity index (χ4v) is 6.41. The molecule has 0 bridgehead atoms. The summed E-state index contributed by atoms with van der Waals surface area (Å²) in [6.45, 7) is 2.15. The zero-order valence-electron chi connectivity index (χ0n) is 18.7. The number of hydrogen-bond donors (Lipinski definition) is 2. The number of carbonyl (C=O) groups excluding carboxylic acids is 2. The van der Waals surface area contributed by atoms with E-state index in [0.717, 1.165) is 51.4 Å². The van der Waals surface area contributed by atoms with Gasteiger partial charge in [-0.25, -0.2) is 12.8 Å². The van der Waals surface area contributed by atoms with Crippen LogP contribution in [0, 0.1) is 12.7 Å². The first kappa shape index (κ1) is 24.6. The van der Waals surface area contributed by atoms with Gasteiger partial charge in [0.15, 0.2) is 0 Å². The van der Waals surface area contributed by atoms with Crippen molar-refractivity contribution in [2.75, 3.05) is 13.1 Å². The summed E-state index contributed by atoms with van der Waals surface area (Å²) in [5.74, 6) is -1.73. The molecule has 0 unspecified atom stereocenters. The minimum absolute atomic E-state index is 0.0499. The lowest BCUT2D eigenvalue weighted by atomic mass is 10.0. The molecule has 9 heteroatoms. The predicted molar refractivity (Wildman–Crippen MR) is 120 cm³/mol. The van der Waals surface area contributed by atoms with Crippen molar-refractivity contribution in [1.29, 1.82) is 0 Å². The molecule has 1 atom stereocenters. The number of benzene rings is 1. The first-order valence-electron chi connectivity index (χ1n) is 11.7. The Kier molecular flexibility index (Phi) is 8.64. The summed E-state index contributed by atoms with van der Waals surface area (Å²) in [5, 5.41) is 5.46. The Morgan fingerprint density at radius 1 is 1.03 bits per heavy atom. The zero-order chi connectivity index (χ0) is 23.1. The van der Waals surface area contributed by atoms with E-state index in [0.29, 0.717) is 19.4 Å². The lowest BCUT2D eigenvalue weighted by Crippen LogP contribution is -2.47. The smallest absolute Gasteiger partial charge is 0.309 e. The van der Waals surface area contributed by atoms with Gasteiger partial charge in [-0.05, 0) is 62.8 Å². The van der Waals surface area contributed by atoms with E-state index in [1.54, 1.807) is 0 Å². The fraction of sp³-hybridized carbons (Fsp3) is 0.652. The predicted octanol–water partition coefficient (Wildman–Crippen LogP) is 3.02. The van der Waals surface area contributed by atoms with Crippen LogP contribution in [0.15, 0.2) is 23.1 Å². The van der Waals surface area contributed by atoms with E-state index < -0.39 is 27.7 Å². The largest absolute Gasteiger partial charge is 0.348 e. The Balaban J connectivity index is 1.55. The quantitative estimate of drug-likeness (QED) is 0.497. The van der Waals surface area contributed by atoms with Gasteiger partial charge >= 0.3 is 11.8 Å². The Morgan fingerprint density at radius 3 is 2.41 bits per heavy atom. The molecule has 3 rings (SSSR count). The molecule has 2 fully saturated rings. The standard InChI is InChI=1S/C23H34FN3O4S/c1-17-16-20(11-12-21(17)24)32(30,31)27-15-7-6-10-19(27)13-14-25-22(28)23(29)26-18-8-4-2-3-5-9-18/h11-12,16,18-19H,2-10,13-15H2,1H3,(H,25,28)(H,26,29)/t19-/m1/s1. The third-order valence-electron chi connectivity index (χ3n) is 6.47. The van der Waals surface area contributed by atoms with Crippen molar-refractivity contribution < 1.29 is 22.4 Å². The molecule has 1 aromatic carbocycles. The summed E-state index contributed by atoms with van der Waals surface area (Å²) in [7, 11) is -3.77. The van der Waals surface area contributed by atoms with E-state index in [-0.39, 0.29) is 29.1 Å². The first-order valence-corrected chi connectivity index (χ1v) is 13.1. The first-order chi connectivity index (χ1) is 15.3. The molecule has 178 valence electrons. The van der Waals surface area contributed by atoms with Gasteiger partial charge in [-0.2, -0.15) is 4.31 Å². The van der Waals surface area contributed by atoms with Crippen molar-refractivity contribution >= 4 is 21.8 Å². The number of piperidine rings is 1. The van der Waals surface area contributed by atoms with Crippen LogP contribution in [0.25, 0.3) is 0 Å². The van der Waals surface area contributed by atoms with Gasteiger partial charge in [0.05, 0.1) is 4.90 Å². The Labute approximate surface area is 190 Å². The van der Waals surface area contributed by atoms with E-state index >= 15 is 0 Å². The molecule has 0 aromatic heterocycles. The number of carbonyl (C=O) groups is 2. The van der Waals surface area contributed by atoms with Gasteiger partial charge in [-0.1, -0.05) is 32.1 Å². The summed E-state index contributed by atoms with van der Waals surface area (Å²) >= 11 is 0. The van der Waals surface area contributed by atoms with Crippen molar-refractivity contribution in [2.24, 2.45) is 0 Å². The maximum Gasteiger partial charge on any atom is 0.309 e. The highest BCUT2D eigenvalue weighted by molar-refractivity contribution is 7.89. The highest BCUT2D eigenvalue weighted by Gasteiger charge is 2.33. The second-order valence-corrected chi connectivity index (χ2v) is 10.8. The van der Waals surface area contributed by atoms with Gasteiger partial charge in [0.1, 0.15) is 5.82 Å². The average molecular weight is 468 g/mol. The topological polar surface area (TPSA) is 95.6 Å². The van der Waals surface area contributed by atoms with Crippen molar-refractivity contribution in [1.82, 2.24) is 14.9 Å². The average Bonchev–Trinajstić information content (AvgIpc) is 3.04. The lowest BCUT2D eigenvalue weighted by Gasteiger charge is -2.34. The third kappa shape index (κ3) is 6.28. The normalized spacial score (nSPS) is 21.0. The van der Waals surface area contributed by atoms with Gasteiger partial charge in [0, 0.05) is 25.2 Å². The van der Waals surface area contributed by atoms with Crippen LogP contribution in [0.3, 0.4) is 0 Å². The van der Waals surface area contributed by atoms with Crippen LogP contribution in [0.1, 0.15) is 69.8 Å². The number of sulfonamides is 1. The molecule has 7 nitrogen and oxygen atoms in total. The molecule has 1 aliphatic carbocycles. The van der Waals surface area contributed by atoms with Gasteiger partial charge in [0.25, 0.3) is 0 Å². The Hall–Kier alpha value is -2.00. The molecule has 1 saturated carbocycles. The van der Waals surface area contributed by atoms with Gasteiger partial charge in [0.2, 0.25) is 10.0 Å². The van der Waals surface area contributed by atoms with Crippen molar-refractivity contribution in [3.8, 4) is 0 Å². The maximum atomic E-state index is 13.6. The minimum Gasteiger partial charge on any atom is -0.348 e. The minimum atomic E-state index is -3.77. The van der Waals surface area contributed by atoms with Crippen molar-refractivity contribution in [3.05, 3.63) is 29.6 Å². The number of halogens is 1. The summed E-state index contributed by atoms with van der Waals surface area (Å²) in [6.07, 6.45) is 9.01. The van der Waals surface area contributed by atoms with Crippen LogP contribution >= 0.6 is 0 Å². The maximum absolute atomic E-state index is 13.6. The van der Waals surface area contributed by atoms with E-state index in [9.17, 15) is 22.4 Å². The second kappa shape index (κ2) is 11.2. The van der Waals surface area contributed by atoms with Crippen LogP contribution in [-0.2, 0) is 19.6 Å². The van der Waals surface area contributed by atoms with Crippen LogP contribution in [0.4, 0.5) is 4.39 Å². The number of rotatable bonds is 6. The highest BCUT2D eigenvalue weighted by Crippen LogP contribution is 2.27. The summed E-state index contributed by atoms with van der Waals surface area (Å²) in [5.41, 5.74) is 0.284. The monoisotopic (exact) mass is 467 g/mol. The van der Waals surface area contributed by atoms with Crippen LogP contribution < -0.4 is 10.6 Å². The van der Waals surface area contributed by atoms with Crippen molar-refractivity contribution in [2.45, 2.75) is 88.1 Å².